The van der Waals surface area contributed by atoms with Crippen LogP contribution in [-0.4, -0.2) is 50.7 Å². The van der Waals surface area contributed by atoms with E-state index in [-0.39, 0.29) is 0 Å². The minimum absolute atomic E-state index is 1.04. The molecule has 3 saturated heterocycles. The Bertz CT molecular complexity index is 356. The van der Waals surface area contributed by atoms with Crippen LogP contribution in [0.1, 0.15) is 0 Å². The molecule has 0 aromatic rings. The Kier molecular flexibility index (Phi) is 2.11. The van der Waals surface area contributed by atoms with Crippen molar-refractivity contribution in [2.75, 3.05) is 6.61 Å². The molecule has 3 heterocycles. The van der Waals surface area contributed by atoms with Gasteiger partial charge in [-0.15, -0.1) is 0 Å². The molecule has 0 aromatic heterocycles. The largest absolute Gasteiger partial charge is 0.487 e. The Morgan fingerprint density at radius 2 is 1.87 bits per heavy atom. The summed E-state index contributed by atoms with van der Waals surface area (Å²) in [5.41, 5.74) is 0. The molecule has 0 aliphatic carbocycles. The number of hydrogen-bond acceptors (Lipinski definition) is 9. The molecule has 0 saturated carbocycles. The van der Waals surface area contributed by atoms with Gasteiger partial charge in [0.1, 0.15) is 6.10 Å². The average Bonchev–Trinajstić information content (AvgIpc) is 2.10. The molecular formula is C5H7O9P. The molecule has 2 bridgehead atoms. The van der Waals surface area contributed by atoms with E-state index >= 15 is 0 Å². The number of ketones is 1. The number of hydrogen-bond donors (Lipinski definition) is 4. The van der Waals surface area contributed by atoms with E-state index in [0.29, 0.717) is 0 Å². The Balaban J connectivity index is 2.36. The Morgan fingerprint density at radius 3 is 2.33 bits per heavy atom. The fourth-order valence-electron chi connectivity index (χ4n) is 1.20. The molecule has 86 valence electrons. The summed E-state index contributed by atoms with van der Waals surface area (Å²) in [5.74, 6) is -7.48. The van der Waals surface area contributed by atoms with Gasteiger partial charge in [0, 0.05) is 0 Å². The van der Waals surface area contributed by atoms with Gasteiger partial charge in [0.25, 0.3) is 11.6 Å². The van der Waals surface area contributed by atoms with Crippen LogP contribution in [-0.2, 0) is 22.9 Å². The normalized spacial score (nSPS) is 51.1. The van der Waals surface area contributed by atoms with Gasteiger partial charge in [-0.1, -0.05) is 0 Å². The number of aliphatic hydroxyl groups excluding tert-OH is 2. The predicted molar refractivity (Wildman–Crippen MR) is 38.9 cm³/mol. The summed E-state index contributed by atoms with van der Waals surface area (Å²) in [5, 5.41) is 36.3. The quantitative estimate of drug-likeness (QED) is 0.384. The van der Waals surface area contributed by atoms with Crippen molar-refractivity contribution in [3.8, 4) is 0 Å². The summed E-state index contributed by atoms with van der Waals surface area (Å²) < 4.78 is 23.6. The topological polar surface area (TPSA) is 143 Å². The number of fused-ring (bicyclic) bond motifs is 2. The van der Waals surface area contributed by atoms with Gasteiger partial charge in [0.2, 0.25) is 0 Å². The van der Waals surface area contributed by atoms with E-state index in [4.69, 9.17) is 15.3 Å². The third-order valence-corrected chi connectivity index (χ3v) is 3.40. The Hall–Kier alpha value is -0.380. The van der Waals surface area contributed by atoms with Crippen LogP contribution in [0.25, 0.3) is 0 Å². The summed E-state index contributed by atoms with van der Waals surface area (Å²) in [7, 11) is -4.23. The van der Waals surface area contributed by atoms with Crippen molar-refractivity contribution in [1.82, 2.24) is 0 Å². The standard InChI is InChI=1S/C5H7O9P/c6-1-2(7)4(9)3(8)5(10)13-15(11,12-4)14-5/h2,6-7,9-10H,1H2. The third-order valence-electron chi connectivity index (χ3n) is 1.96. The number of aliphatic hydroxyl groups is 4. The molecule has 2 atom stereocenters. The zero-order valence-corrected chi connectivity index (χ0v) is 7.96. The van der Waals surface area contributed by atoms with Gasteiger partial charge in [-0.25, -0.2) is 18.1 Å². The minimum atomic E-state index is -4.23. The van der Waals surface area contributed by atoms with E-state index in [0.717, 1.165) is 0 Å². The highest BCUT2D eigenvalue weighted by Crippen LogP contribution is 2.70. The van der Waals surface area contributed by atoms with Crippen LogP contribution < -0.4 is 0 Å². The van der Waals surface area contributed by atoms with E-state index in [1.807, 2.05) is 0 Å². The highest BCUT2D eigenvalue weighted by Gasteiger charge is 2.76. The van der Waals surface area contributed by atoms with Gasteiger partial charge in [-0.05, 0) is 0 Å². The Labute approximate surface area is 82.4 Å². The van der Waals surface area contributed by atoms with E-state index in [1.54, 1.807) is 0 Å². The van der Waals surface area contributed by atoms with E-state index in [9.17, 15) is 14.5 Å². The van der Waals surface area contributed by atoms with Crippen molar-refractivity contribution >= 4 is 13.6 Å². The van der Waals surface area contributed by atoms with Crippen molar-refractivity contribution in [3.05, 3.63) is 0 Å². The summed E-state index contributed by atoms with van der Waals surface area (Å²) in [4.78, 5) is 11.3. The first-order chi connectivity index (χ1) is 6.76. The second kappa shape index (κ2) is 2.84. The molecule has 3 aliphatic rings. The van der Waals surface area contributed by atoms with Crippen molar-refractivity contribution in [3.63, 3.8) is 0 Å². The fraction of sp³-hybridized carbons (Fsp3) is 0.800. The zero-order chi connectivity index (χ0) is 11.5. The second-order valence-corrected chi connectivity index (χ2v) is 4.47. The third kappa shape index (κ3) is 1.30. The summed E-state index contributed by atoms with van der Waals surface area (Å²) in [6.07, 6.45) is -2.07. The first-order valence-corrected chi connectivity index (χ1v) is 5.23. The minimum Gasteiger partial charge on any atom is -0.393 e. The van der Waals surface area contributed by atoms with Gasteiger partial charge < -0.3 is 20.4 Å². The molecule has 9 nitrogen and oxygen atoms in total. The molecule has 0 amide bonds. The number of phosphoric acid groups is 1. The maximum atomic E-state index is 11.3. The average molecular weight is 242 g/mol. The lowest BCUT2D eigenvalue weighted by atomic mass is 10.0. The zero-order valence-electron chi connectivity index (χ0n) is 7.06. The monoisotopic (exact) mass is 242 g/mol. The van der Waals surface area contributed by atoms with Crippen molar-refractivity contribution in [2.45, 2.75) is 17.9 Å². The molecular weight excluding hydrogens is 235 g/mol. The van der Waals surface area contributed by atoms with Gasteiger partial charge in [-0.2, -0.15) is 0 Å². The lowest BCUT2D eigenvalue weighted by Gasteiger charge is -2.49. The SMILES string of the molecule is O=C1C2(O)OP(=O)(O2)OC1(O)C(O)CO. The van der Waals surface area contributed by atoms with Crippen molar-refractivity contribution < 1.29 is 43.4 Å². The first kappa shape index (κ1) is 11.1. The van der Waals surface area contributed by atoms with E-state index in [2.05, 4.69) is 13.6 Å². The van der Waals surface area contributed by atoms with E-state index in [1.165, 1.54) is 0 Å². The van der Waals surface area contributed by atoms with Crippen LogP contribution >= 0.6 is 7.82 Å². The van der Waals surface area contributed by atoms with Gasteiger partial charge in [0.05, 0.1) is 6.61 Å². The highest BCUT2D eigenvalue weighted by atomic mass is 31.2. The molecule has 0 spiro atoms. The van der Waals surface area contributed by atoms with Crippen molar-refractivity contribution in [2.24, 2.45) is 0 Å². The molecule has 0 aromatic carbocycles. The number of carbonyl (C=O) groups is 1. The fourth-order valence-corrected chi connectivity index (χ4v) is 2.61. The number of phosphoric ester groups is 1. The molecule has 3 rings (SSSR count). The highest BCUT2D eigenvalue weighted by molar-refractivity contribution is 7.50. The van der Waals surface area contributed by atoms with Gasteiger partial charge in [-0.3, -0.25) is 4.79 Å². The first-order valence-electron chi connectivity index (χ1n) is 3.77. The molecule has 10 heteroatoms. The molecule has 0 radical (unpaired) electrons. The maximum Gasteiger partial charge on any atom is 0.487 e. The van der Waals surface area contributed by atoms with Crippen LogP contribution in [0.3, 0.4) is 0 Å². The summed E-state index contributed by atoms with van der Waals surface area (Å²) in [6.45, 7) is -1.04. The van der Waals surface area contributed by atoms with Gasteiger partial charge >= 0.3 is 13.8 Å². The van der Waals surface area contributed by atoms with Crippen LogP contribution in [0.2, 0.25) is 0 Å². The van der Waals surface area contributed by atoms with Crippen LogP contribution in [0.15, 0.2) is 0 Å². The number of carbonyl (C=O) groups excluding carboxylic acids is 1. The van der Waals surface area contributed by atoms with E-state index < -0.39 is 38.1 Å². The molecule has 15 heavy (non-hydrogen) atoms. The lowest BCUT2D eigenvalue weighted by Crippen LogP contribution is -2.70. The maximum absolute atomic E-state index is 11.3. The van der Waals surface area contributed by atoms with Crippen LogP contribution in [0.5, 0.6) is 0 Å². The van der Waals surface area contributed by atoms with Gasteiger partial charge in [0.15, 0.2) is 0 Å². The summed E-state index contributed by atoms with van der Waals surface area (Å²) in [6, 6.07) is 0. The molecule has 3 aliphatic heterocycles. The lowest BCUT2D eigenvalue weighted by molar-refractivity contribution is -0.377. The number of Topliss-reactive ketones (excluding diaryl/α,β-unsaturated/α-hetero) is 1. The Morgan fingerprint density at radius 1 is 1.33 bits per heavy atom. The van der Waals surface area contributed by atoms with Crippen molar-refractivity contribution in [1.29, 1.82) is 0 Å². The molecule has 3 fully saturated rings. The number of rotatable bonds is 2. The van der Waals surface area contributed by atoms with Crippen LogP contribution in [0.4, 0.5) is 0 Å². The van der Waals surface area contributed by atoms with Crippen LogP contribution in [0, 0.1) is 0 Å². The summed E-state index contributed by atoms with van der Waals surface area (Å²) >= 11 is 0. The molecule has 4 N–H and O–H groups in total. The second-order valence-electron chi connectivity index (χ2n) is 3.03. The predicted octanol–water partition coefficient (Wildman–Crippen LogP) is -2.57. The smallest absolute Gasteiger partial charge is 0.393 e. The molecule has 2 unspecified atom stereocenters.